The van der Waals surface area contributed by atoms with Gasteiger partial charge in [0.05, 0.1) is 12.7 Å². The maximum atomic E-state index is 11.1. The third kappa shape index (κ3) is 1.49. The summed E-state index contributed by atoms with van der Waals surface area (Å²) in [5.41, 5.74) is -1.32. The van der Waals surface area contributed by atoms with Crippen molar-refractivity contribution in [2.45, 2.75) is 58.0 Å². The van der Waals surface area contributed by atoms with Crippen molar-refractivity contribution < 1.29 is 20.1 Å². The molecule has 3 aliphatic rings. The van der Waals surface area contributed by atoms with Crippen LogP contribution in [-0.4, -0.2) is 39.9 Å². The Bertz CT molecular complexity index is 430. The molecule has 0 aromatic heterocycles. The van der Waals surface area contributed by atoms with Gasteiger partial charge in [0.2, 0.25) is 0 Å². The zero-order valence-electron chi connectivity index (χ0n) is 11.9. The summed E-state index contributed by atoms with van der Waals surface area (Å²) >= 11 is 0. The van der Waals surface area contributed by atoms with Gasteiger partial charge in [-0.3, -0.25) is 0 Å². The molecule has 2 fully saturated rings. The molecule has 4 nitrogen and oxygen atoms in total. The minimum atomic E-state index is -1.35. The minimum Gasteiger partial charge on any atom is -0.389 e. The summed E-state index contributed by atoms with van der Waals surface area (Å²) in [6.07, 6.45) is 2.76. The summed E-state index contributed by atoms with van der Waals surface area (Å²) in [7, 11) is 0. The van der Waals surface area contributed by atoms with Crippen LogP contribution in [0.4, 0.5) is 0 Å². The van der Waals surface area contributed by atoms with Crippen molar-refractivity contribution in [3.05, 3.63) is 11.6 Å². The number of rotatable bonds is 0. The van der Waals surface area contributed by atoms with Crippen LogP contribution in [0.15, 0.2) is 11.6 Å². The average molecular weight is 268 g/mol. The SMILES string of the molecule is CC1(C)CCC[C@@]2(C)[C@H]1[C@H](O)C=C1CO[C@@H](O)C12O. The Morgan fingerprint density at radius 3 is 2.58 bits per heavy atom. The number of hydrogen-bond acceptors (Lipinski definition) is 4. The van der Waals surface area contributed by atoms with Crippen molar-refractivity contribution >= 4 is 0 Å². The molecule has 1 saturated heterocycles. The van der Waals surface area contributed by atoms with E-state index in [1.807, 2.05) is 6.92 Å². The van der Waals surface area contributed by atoms with Gasteiger partial charge in [0.25, 0.3) is 0 Å². The van der Waals surface area contributed by atoms with Crippen LogP contribution in [0.1, 0.15) is 40.0 Å². The molecule has 1 heterocycles. The normalized spacial score (nSPS) is 52.3. The van der Waals surface area contributed by atoms with E-state index in [0.717, 1.165) is 19.3 Å². The number of aliphatic hydroxyl groups is 3. The molecule has 3 N–H and O–H groups in total. The lowest BCUT2D eigenvalue weighted by Crippen LogP contribution is -2.65. The Balaban J connectivity index is 2.17. The summed E-state index contributed by atoms with van der Waals surface area (Å²) in [5, 5.41) is 31.8. The van der Waals surface area contributed by atoms with E-state index in [1.165, 1.54) is 0 Å². The molecule has 0 bridgehead atoms. The van der Waals surface area contributed by atoms with Crippen LogP contribution in [-0.2, 0) is 4.74 Å². The van der Waals surface area contributed by atoms with Gasteiger partial charge >= 0.3 is 0 Å². The highest BCUT2D eigenvalue weighted by molar-refractivity contribution is 5.35. The summed E-state index contributed by atoms with van der Waals surface area (Å²) < 4.78 is 5.26. The Labute approximate surface area is 114 Å². The second-order valence-corrected chi connectivity index (χ2v) is 7.35. The molecule has 0 amide bonds. The fourth-order valence-corrected chi connectivity index (χ4v) is 5.04. The van der Waals surface area contributed by atoms with E-state index in [9.17, 15) is 15.3 Å². The van der Waals surface area contributed by atoms with E-state index in [-0.39, 0.29) is 17.9 Å². The van der Waals surface area contributed by atoms with Gasteiger partial charge in [-0.05, 0) is 23.8 Å². The van der Waals surface area contributed by atoms with Crippen molar-refractivity contribution in [2.75, 3.05) is 6.61 Å². The first kappa shape index (κ1) is 13.6. The Morgan fingerprint density at radius 1 is 1.21 bits per heavy atom. The van der Waals surface area contributed by atoms with E-state index >= 15 is 0 Å². The monoisotopic (exact) mass is 268 g/mol. The molecule has 19 heavy (non-hydrogen) atoms. The Kier molecular flexibility index (Phi) is 2.72. The third-order valence-corrected chi connectivity index (χ3v) is 5.87. The Hall–Kier alpha value is -0.420. The van der Waals surface area contributed by atoms with Crippen molar-refractivity contribution in [1.29, 1.82) is 0 Å². The highest BCUT2D eigenvalue weighted by Gasteiger charge is 2.67. The molecule has 4 heteroatoms. The summed E-state index contributed by atoms with van der Waals surface area (Å²) in [6.45, 7) is 6.48. The van der Waals surface area contributed by atoms with Gasteiger partial charge in [-0.25, -0.2) is 0 Å². The molecule has 0 aromatic carbocycles. The molecule has 108 valence electrons. The van der Waals surface area contributed by atoms with E-state index in [4.69, 9.17) is 4.74 Å². The van der Waals surface area contributed by atoms with Crippen LogP contribution >= 0.6 is 0 Å². The van der Waals surface area contributed by atoms with Crippen LogP contribution in [0.25, 0.3) is 0 Å². The van der Waals surface area contributed by atoms with Crippen molar-refractivity contribution in [3.8, 4) is 0 Å². The first-order valence-electron chi connectivity index (χ1n) is 7.15. The first-order valence-corrected chi connectivity index (χ1v) is 7.15. The summed E-state index contributed by atoms with van der Waals surface area (Å²) in [6, 6.07) is 0. The number of hydrogen-bond donors (Lipinski definition) is 3. The molecule has 2 aliphatic carbocycles. The first-order chi connectivity index (χ1) is 8.73. The van der Waals surface area contributed by atoms with Crippen LogP contribution in [0.5, 0.6) is 0 Å². The molecule has 0 spiro atoms. The summed E-state index contributed by atoms with van der Waals surface area (Å²) in [5.74, 6) is -0.0705. The smallest absolute Gasteiger partial charge is 0.188 e. The number of ether oxygens (including phenoxy) is 1. The lowest BCUT2D eigenvalue weighted by Gasteiger charge is -2.60. The lowest BCUT2D eigenvalue weighted by molar-refractivity contribution is -0.242. The van der Waals surface area contributed by atoms with Gasteiger partial charge in [-0.15, -0.1) is 0 Å². The van der Waals surface area contributed by atoms with Gasteiger partial charge in [0.1, 0.15) is 5.60 Å². The van der Waals surface area contributed by atoms with Crippen molar-refractivity contribution in [1.82, 2.24) is 0 Å². The summed E-state index contributed by atoms with van der Waals surface area (Å²) in [4.78, 5) is 0. The highest BCUT2D eigenvalue weighted by Crippen LogP contribution is 2.63. The van der Waals surface area contributed by atoms with Gasteiger partial charge in [-0.1, -0.05) is 33.3 Å². The average Bonchev–Trinajstić information content (AvgIpc) is 2.57. The molecule has 1 unspecified atom stereocenters. The van der Waals surface area contributed by atoms with Gasteiger partial charge < -0.3 is 20.1 Å². The molecule has 1 aliphatic heterocycles. The topological polar surface area (TPSA) is 69.9 Å². The van der Waals surface area contributed by atoms with Crippen molar-refractivity contribution in [3.63, 3.8) is 0 Å². The zero-order valence-corrected chi connectivity index (χ0v) is 11.9. The quantitative estimate of drug-likeness (QED) is 0.577. The second kappa shape index (κ2) is 3.82. The fraction of sp³-hybridized carbons (Fsp3) is 0.867. The van der Waals surface area contributed by atoms with Gasteiger partial charge in [0, 0.05) is 11.3 Å². The number of fused-ring (bicyclic) bond motifs is 3. The molecule has 5 atom stereocenters. The lowest BCUT2D eigenvalue weighted by atomic mass is 9.46. The van der Waals surface area contributed by atoms with E-state index < -0.39 is 23.4 Å². The molecule has 0 aromatic rings. The molecular weight excluding hydrogens is 244 g/mol. The minimum absolute atomic E-state index is 0.0630. The van der Waals surface area contributed by atoms with E-state index in [2.05, 4.69) is 13.8 Å². The maximum Gasteiger partial charge on any atom is 0.188 e. The predicted octanol–water partition coefficient (Wildman–Crippen LogP) is 1.20. The number of aliphatic hydroxyl groups excluding tert-OH is 2. The Morgan fingerprint density at radius 2 is 1.89 bits per heavy atom. The molecule has 3 rings (SSSR count). The molecule has 0 radical (unpaired) electrons. The van der Waals surface area contributed by atoms with Crippen LogP contribution in [0.2, 0.25) is 0 Å². The van der Waals surface area contributed by atoms with Crippen LogP contribution in [0, 0.1) is 16.7 Å². The van der Waals surface area contributed by atoms with Crippen LogP contribution < -0.4 is 0 Å². The predicted molar refractivity (Wildman–Crippen MR) is 70.2 cm³/mol. The largest absolute Gasteiger partial charge is 0.389 e. The maximum absolute atomic E-state index is 11.1. The molecule has 1 saturated carbocycles. The second-order valence-electron chi connectivity index (χ2n) is 7.35. The van der Waals surface area contributed by atoms with E-state index in [0.29, 0.717) is 5.57 Å². The third-order valence-electron chi connectivity index (χ3n) is 5.87. The zero-order chi connectivity index (χ0) is 14.1. The molecular formula is C15H24O4. The van der Waals surface area contributed by atoms with Crippen molar-refractivity contribution in [2.24, 2.45) is 16.7 Å². The van der Waals surface area contributed by atoms with Gasteiger partial charge in [-0.2, -0.15) is 0 Å². The van der Waals surface area contributed by atoms with E-state index in [1.54, 1.807) is 6.08 Å². The standard InChI is InChI=1S/C15H24O4/c1-13(2)5-4-6-14(3)11(13)10(16)7-9-8-19-12(17)15(9,14)18/h7,10-12,16-18H,4-6,8H2,1-3H3/t10-,11+,12-,14+,15?/m1/s1. The fourth-order valence-electron chi connectivity index (χ4n) is 5.04. The van der Waals surface area contributed by atoms with Crippen LogP contribution in [0.3, 0.4) is 0 Å². The van der Waals surface area contributed by atoms with Gasteiger partial charge in [0.15, 0.2) is 6.29 Å². The highest BCUT2D eigenvalue weighted by atomic mass is 16.6.